The molecular weight excluding hydrogens is 274 g/mol. The number of rotatable bonds is 5. The van der Waals surface area contributed by atoms with E-state index in [-0.39, 0.29) is 5.91 Å². The molecule has 1 amide bonds. The summed E-state index contributed by atoms with van der Waals surface area (Å²) in [7, 11) is 0. The molecule has 1 aromatic rings. The second kappa shape index (κ2) is 7.75. The van der Waals surface area contributed by atoms with Crippen molar-refractivity contribution in [1.82, 2.24) is 9.80 Å². The number of nitrogens with zero attached hydrogens (tertiary/aromatic N) is 2. The lowest BCUT2D eigenvalue weighted by molar-refractivity contribution is -0.134. The molecule has 0 aliphatic carbocycles. The van der Waals surface area contributed by atoms with Crippen molar-refractivity contribution in [1.29, 1.82) is 0 Å². The van der Waals surface area contributed by atoms with Crippen molar-refractivity contribution < 1.29 is 4.79 Å². The molecule has 1 unspecified atom stereocenters. The van der Waals surface area contributed by atoms with Crippen LogP contribution in [0.4, 0.5) is 0 Å². The van der Waals surface area contributed by atoms with Crippen molar-refractivity contribution in [3.05, 3.63) is 35.9 Å². The summed E-state index contributed by atoms with van der Waals surface area (Å²) in [4.78, 5) is 16.6. The average Bonchev–Trinajstić information content (AvgIpc) is 2.52. The van der Waals surface area contributed by atoms with E-state index in [1.54, 1.807) is 6.92 Å². The van der Waals surface area contributed by atoms with Crippen LogP contribution in [0.25, 0.3) is 0 Å². The molecule has 1 aliphatic heterocycles. The summed E-state index contributed by atoms with van der Waals surface area (Å²) in [5.74, 6) is 0.0770. The molecule has 1 fully saturated rings. The summed E-state index contributed by atoms with van der Waals surface area (Å²) in [5, 5.41) is 0. The number of carbonyl (C=O) groups is 1. The fraction of sp³-hybridized carbons (Fsp3) is 0.611. The summed E-state index contributed by atoms with van der Waals surface area (Å²) < 4.78 is 0. The van der Waals surface area contributed by atoms with Crippen molar-refractivity contribution in [3.63, 3.8) is 0 Å². The molecule has 0 radical (unpaired) electrons. The van der Waals surface area contributed by atoms with Gasteiger partial charge in [-0.15, -0.1) is 0 Å². The highest BCUT2D eigenvalue weighted by Crippen LogP contribution is 2.21. The van der Waals surface area contributed by atoms with Crippen molar-refractivity contribution in [2.45, 2.75) is 58.3 Å². The molecule has 1 aliphatic rings. The molecule has 1 aromatic carbocycles. The van der Waals surface area contributed by atoms with Crippen LogP contribution in [0.2, 0.25) is 0 Å². The first-order valence-electron chi connectivity index (χ1n) is 8.33. The van der Waals surface area contributed by atoms with Crippen LogP contribution in [0.5, 0.6) is 0 Å². The molecule has 0 saturated carbocycles. The fourth-order valence-electron chi connectivity index (χ4n) is 3.24. The smallest absolute Gasteiger partial charge is 0.239 e. The Morgan fingerprint density at radius 2 is 2.00 bits per heavy atom. The molecule has 2 rings (SSSR count). The molecule has 2 atom stereocenters. The Balaban J connectivity index is 2.06. The van der Waals surface area contributed by atoms with Gasteiger partial charge < -0.3 is 10.6 Å². The van der Waals surface area contributed by atoms with Gasteiger partial charge in [-0.25, -0.2) is 0 Å². The normalized spacial score (nSPS) is 20.5. The van der Waals surface area contributed by atoms with Gasteiger partial charge in [-0.3, -0.25) is 9.69 Å². The molecule has 0 aromatic heterocycles. The molecule has 4 nitrogen and oxygen atoms in total. The molecule has 1 saturated heterocycles. The highest BCUT2D eigenvalue weighted by atomic mass is 16.2. The number of benzene rings is 1. The van der Waals surface area contributed by atoms with Gasteiger partial charge >= 0.3 is 0 Å². The van der Waals surface area contributed by atoms with Gasteiger partial charge in [-0.1, -0.05) is 30.3 Å². The molecule has 2 N–H and O–H groups in total. The van der Waals surface area contributed by atoms with Crippen LogP contribution < -0.4 is 5.73 Å². The zero-order chi connectivity index (χ0) is 16.1. The van der Waals surface area contributed by atoms with Crippen LogP contribution in [0.3, 0.4) is 0 Å². The van der Waals surface area contributed by atoms with Crippen molar-refractivity contribution in [2.24, 2.45) is 5.73 Å². The molecule has 0 bridgehead atoms. The van der Waals surface area contributed by atoms with Crippen molar-refractivity contribution in [3.8, 4) is 0 Å². The van der Waals surface area contributed by atoms with E-state index in [4.69, 9.17) is 5.73 Å². The molecule has 4 heteroatoms. The maximum absolute atomic E-state index is 12.2. The van der Waals surface area contributed by atoms with Gasteiger partial charge in [-0.05, 0) is 39.2 Å². The Kier molecular flexibility index (Phi) is 5.98. The maximum atomic E-state index is 12.2. The Hall–Kier alpha value is -1.39. The van der Waals surface area contributed by atoms with E-state index in [1.165, 1.54) is 5.56 Å². The van der Waals surface area contributed by atoms with Gasteiger partial charge in [0, 0.05) is 31.7 Å². The zero-order valence-electron chi connectivity index (χ0n) is 14.0. The second-order valence-electron chi connectivity index (χ2n) is 6.62. The van der Waals surface area contributed by atoms with E-state index in [1.807, 2.05) is 11.0 Å². The minimum absolute atomic E-state index is 0.0770. The number of likely N-dealkylation sites (tertiary alicyclic amines) is 1. The van der Waals surface area contributed by atoms with Gasteiger partial charge in [0.2, 0.25) is 5.91 Å². The molecular formula is C18H29N3O. The Morgan fingerprint density at radius 3 is 2.59 bits per heavy atom. The highest BCUT2D eigenvalue weighted by Gasteiger charge is 2.30. The van der Waals surface area contributed by atoms with Crippen LogP contribution in [-0.4, -0.2) is 46.9 Å². The van der Waals surface area contributed by atoms with Crippen LogP contribution in [0, 0.1) is 0 Å². The minimum Gasteiger partial charge on any atom is -0.340 e. The first-order chi connectivity index (χ1) is 10.5. The number of nitrogens with two attached hydrogens (primary N) is 1. The second-order valence-corrected chi connectivity index (χ2v) is 6.62. The molecule has 22 heavy (non-hydrogen) atoms. The first-order valence-corrected chi connectivity index (χ1v) is 8.33. The first kappa shape index (κ1) is 17.0. The zero-order valence-corrected chi connectivity index (χ0v) is 14.0. The largest absolute Gasteiger partial charge is 0.340 e. The summed E-state index contributed by atoms with van der Waals surface area (Å²) in [5.41, 5.74) is 7.09. The Bertz CT molecular complexity index is 472. The summed E-state index contributed by atoms with van der Waals surface area (Å²) in [6.45, 7) is 8.81. The third-order valence-corrected chi connectivity index (χ3v) is 4.44. The predicted molar refractivity (Wildman–Crippen MR) is 90.4 cm³/mol. The van der Waals surface area contributed by atoms with Gasteiger partial charge in [0.1, 0.15) is 0 Å². The number of piperidine rings is 1. The number of hydrogen-bond donors (Lipinski definition) is 1. The summed E-state index contributed by atoms with van der Waals surface area (Å²) >= 11 is 0. The number of hydrogen-bond acceptors (Lipinski definition) is 3. The lowest BCUT2D eigenvalue weighted by atomic mass is 10.0. The van der Waals surface area contributed by atoms with E-state index >= 15 is 0 Å². The number of amides is 1. The van der Waals surface area contributed by atoms with Gasteiger partial charge in [-0.2, -0.15) is 0 Å². The van der Waals surface area contributed by atoms with E-state index < -0.39 is 6.04 Å². The monoisotopic (exact) mass is 303 g/mol. The topological polar surface area (TPSA) is 49.6 Å². The van der Waals surface area contributed by atoms with Crippen LogP contribution in [0.1, 0.15) is 39.2 Å². The van der Waals surface area contributed by atoms with E-state index in [0.717, 1.165) is 32.5 Å². The van der Waals surface area contributed by atoms with E-state index in [9.17, 15) is 4.79 Å². The van der Waals surface area contributed by atoms with Crippen LogP contribution in [-0.2, 0) is 11.3 Å². The van der Waals surface area contributed by atoms with Gasteiger partial charge in [0.05, 0.1) is 6.04 Å². The highest BCUT2D eigenvalue weighted by molar-refractivity contribution is 5.81. The molecule has 0 spiro atoms. The lowest BCUT2D eigenvalue weighted by Crippen LogP contribution is -2.54. The molecule has 1 heterocycles. The van der Waals surface area contributed by atoms with Crippen molar-refractivity contribution >= 4 is 5.91 Å². The van der Waals surface area contributed by atoms with Crippen LogP contribution >= 0.6 is 0 Å². The van der Waals surface area contributed by atoms with E-state index in [0.29, 0.717) is 12.1 Å². The van der Waals surface area contributed by atoms with Crippen molar-refractivity contribution in [2.75, 3.05) is 13.1 Å². The number of carbonyl (C=O) groups excluding carboxylic acids is 1. The summed E-state index contributed by atoms with van der Waals surface area (Å²) in [6.07, 6.45) is 2.20. The quantitative estimate of drug-likeness (QED) is 0.907. The minimum atomic E-state index is -0.402. The predicted octanol–water partition coefficient (Wildman–Crippen LogP) is 2.24. The van der Waals surface area contributed by atoms with E-state index in [2.05, 4.69) is 43.0 Å². The maximum Gasteiger partial charge on any atom is 0.239 e. The Morgan fingerprint density at radius 1 is 1.32 bits per heavy atom. The standard InChI is InChI=1S/C18H29N3O/c1-14(2)21(12-16-8-5-4-6-9-16)17-10-7-11-20(13-17)18(22)15(3)19/h4-6,8-9,14-15,17H,7,10-13,19H2,1-3H3/t15?,17-/m0/s1. The van der Waals surface area contributed by atoms with Gasteiger partial charge in [0.15, 0.2) is 0 Å². The Labute approximate surface area is 134 Å². The third kappa shape index (κ3) is 4.31. The SMILES string of the molecule is CC(N)C(=O)N1CCC[C@H](N(Cc2ccccc2)C(C)C)C1. The third-order valence-electron chi connectivity index (χ3n) is 4.44. The fourth-order valence-corrected chi connectivity index (χ4v) is 3.24. The van der Waals surface area contributed by atoms with Crippen LogP contribution in [0.15, 0.2) is 30.3 Å². The van der Waals surface area contributed by atoms with Gasteiger partial charge in [0.25, 0.3) is 0 Å². The molecule has 122 valence electrons. The summed E-state index contributed by atoms with van der Waals surface area (Å²) in [6, 6.07) is 11.0. The lowest BCUT2D eigenvalue weighted by Gasteiger charge is -2.42. The average molecular weight is 303 g/mol.